The van der Waals surface area contributed by atoms with Gasteiger partial charge in [0.2, 0.25) is 0 Å². The fourth-order valence-electron chi connectivity index (χ4n) is 3.47. The minimum absolute atomic E-state index is 0.314. The number of benzene rings is 1. The summed E-state index contributed by atoms with van der Waals surface area (Å²) in [7, 11) is 0. The molecule has 1 aliphatic heterocycles. The predicted molar refractivity (Wildman–Crippen MR) is 96.7 cm³/mol. The van der Waals surface area contributed by atoms with Gasteiger partial charge in [-0.2, -0.15) is 5.10 Å². The Bertz CT molecular complexity index is 659. The third-order valence-corrected chi connectivity index (χ3v) is 4.73. The van der Waals surface area contributed by atoms with Crippen LogP contribution in [-0.2, 0) is 6.54 Å². The van der Waals surface area contributed by atoms with Crippen LogP contribution in [-0.4, -0.2) is 56.6 Å². The van der Waals surface area contributed by atoms with Crippen molar-refractivity contribution in [2.24, 2.45) is 0 Å². The number of β-amino-alcohol motifs (C(OH)–C–C–N with tert-alkyl or cyclic N) is 1. The minimum Gasteiger partial charge on any atom is -0.491 e. The first-order valence-corrected chi connectivity index (χ1v) is 9.10. The van der Waals surface area contributed by atoms with E-state index in [4.69, 9.17) is 4.74 Å². The van der Waals surface area contributed by atoms with Crippen LogP contribution in [0, 0.1) is 13.8 Å². The van der Waals surface area contributed by atoms with Crippen molar-refractivity contribution < 1.29 is 9.84 Å². The van der Waals surface area contributed by atoms with Crippen molar-refractivity contribution in [3.05, 3.63) is 42.0 Å². The van der Waals surface area contributed by atoms with E-state index in [1.165, 1.54) is 12.8 Å². The number of aryl methyl sites for hydroxylation is 2. The second kappa shape index (κ2) is 8.45. The maximum absolute atomic E-state index is 10.4. The summed E-state index contributed by atoms with van der Waals surface area (Å²) in [5.74, 6) is 2.57. The fourth-order valence-corrected chi connectivity index (χ4v) is 3.47. The van der Waals surface area contributed by atoms with Crippen LogP contribution in [0.4, 0.5) is 0 Å². The monoisotopic (exact) mass is 344 g/mol. The first kappa shape index (κ1) is 17.9. The van der Waals surface area contributed by atoms with Crippen LogP contribution < -0.4 is 4.74 Å². The number of aromatic nitrogens is 3. The molecule has 2 atom stereocenters. The van der Waals surface area contributed by atoms with Crippen LogP contribution in [0.2, 0.25) is 0 Å². The molecule has 25 heavy (non-hydrogen) atoms. The Morgan fingerprint density at radius 3 is 2.76 bits per heavy atom. The van der Waals surface area contributed by atoms with Crippen LogP contribution in [0.1, 0.15) is 30.9 Å². The van der Waals surface area contributed by atoms with Crippen molar-refractivity contribution in [1.29, 1.82) is 0 Å². The summed E-state index contributed by atoms with van der Waals surface area (Å²) >= 11 is 0. The minimum atomic E-state index is -0.501. The molecule has 2 heterocycles. The summed E-state index contributed by atoms with van der Waals surface area (Å²) in [5.41, 5.74) is 0. The summed E-state index contributed by atoms with van der Waals surface area (Å²) in [4.78, 5) is 6.76. The first-order chi connectivity index (χ1) is 12.1. The molecule has 1 saturated heterocycles. The number of aliphatic hydroxyl groups is 1. The van der Waals surface area contributed by atoms with Crippen molar-refractivity contribution in [1.82, 2.24) is 19.7 Å². The highest BCUT2D eigenvalue weighted by Crippen LogP contribution is 2.19. The Hall–Kier alpha value is -1.92. The van der Waals surface area contributed by atoms with E-state index >= 15 is 0 Å². The third kappa shape index (κ3) is 5.03. The molecule has 1 aromatic carbocycles. The van der Waals surface area contributed by atoms with E-state index in [1.54, 1.807) is 0 Å². The molecule has 0 aliphatic carbocycles. The highest BCUT2D eigenvalue weighted by Gasteiger charge is 2.25. The van der Waals surface area contributed by atoms with Crippen molar-refractivity contribution >= 4 is 0 Å². The van der Waals surface area contributed by atoms with E-state index < -0.39 is 6.10 Å². The van der Waals surface area contributed by atoms with E-state index in [1.807, 2.05) is 48.9 Å². The quantitative estimate of drug-likeness (QED) is 0.834. The second-order valence-electron chi connectivity index (χ2n) is 6.81. The highest BCUT2D eigenvalue weighted by molar-refractivity contribution is 5.20. The summed E-state index contributed by atoms with van der Waals surface area (Å²) in [5, 5.41) is 14.9. The third-order valence-electron chi connectivity index (χ3n) is 4.73. The molecular weight excluding hydrogens is 316 g/mol. The molecule has 0 amide bonds. The summed E-state index contributed by atoms with van der Waals surface area (Å²) in [6.07, 6.45) is 3.03. The Morgan fingerprint density at radius 1 is 1.24 bits per heavy atom. The van der Waals surface area contributed by atoms with Gasteiger partial charge in [0, 0.05) is 12.6 Å². The van der Waals surface area contributed by atoms with Crippen LogP contribution in [0.3, 0.4) is 0 Å². The molecular formula is C19H28N4O2. The first-order valence-electron chi connectivity index (χ1n) is 9.10. The van der Waals surface area contributed by atoms with Gasteiger partial charge in [0.1, 0.15) is 30.1 Å². The van der Waals surface area contributed by atoms with E-state index in [0.29, 0.717) is 19.2 Å². The van der Waals surface area contributed by atoms with Gasteiger partial charge in [0.15, 0.2) is 0 Å². The number of ether oxygens (including phenoxy) is 1. The number of aliphatic hydroxyl groups excluding tert-OH is 1. The van der Waals surface area contributed by atoms with Gasteiger partial charge in [-0.3, -0.25) is 4.90 Å². The van der Waals surface area contributed by atoms with Gasteiger partial charge in [-0.05, 0) is 45.4 Å². The molecule has 6 nitrogen and oxygen atoms in total. The smallest absolute Gasteiger partial charge is 0.147 e. The number of likely N-dealkylation sites (tertiary alicyclic amines) is 1. The van der Waals surface area contributed by atoms with Crippen molar-refractivity contribution in [3.63, 3.8) is 0 Å². The number of hydrogen-bond acceptors (Lipinski definition) is 5. The predicted octanol–water partition coefficient (Wildman–Crippen LogP) is 2.19. The average molecular weight is 344 g/mol. The van der Waals surface area contributed by atoms with Crippen LogP contribution >= 0.6 is 0 Å². The van der Waals surface area contributed by atoms with Gasteiger partial charge < -0.3 is 9.84 Å². The Labute approximate surface area is 149 Å². The molecule has 3 rings (SSSR count). The molecule has 1 fully saturated rings. The standard InChI is InChI=1S/C19H28N4O2/c1-15-20-16(2)23(21-15)12-17-8-6-7-11-22(17)13-18(24)14-25-19-9-4-3-5-10-19/h3-5,9-10,17-18,24H,6-8,11-14H2,1-2H3/t17-,18-/m0/s1. The molecule has 0 bridgehead atoms. The van der Waals surface area contributed by atoms with Gasteiger partial charge in [-0.15, -0.1) is 0 Å². The van der Waals surface area contributed by atoms with E-state index in [9.17, 15) is 5.11 Å². The number of nitrogens with zero attached hydrogens (tertiary/aromatic N) is 4. The lowest BCUT2D eigenvalue weighted by molar-refractivity contribution is 0.0343. The zero-order chi connectivity index (χ0) is 17.6. The highest BCUT2D eigenvalue weighted by atomic mass is 16.5. The molecule has 0 saturated carbocycles. The summed E-state index contributed by atoms with van der Waals surface area (Å²) in [6.45, 7) is 6.71. The van der Waals surface area contributed by atoms with Gasteiger partial charge >= 0.3 is 0 Å². The molecule has 1 N–H and O–H groups in total. The Balaban J connectivity index is 1.54. The molecule has 2 aromatic rings. The zero-order valence-corrected chi connectivity index (χ0v) is 15.1. The second-order valence-corrected chi connectivity index (χ2v) is 6.81. The van der Waals surface area contributed by atoms with Crippen molar-refractivity contribution in [2.75, 3.05) is 19.7 Å². The van der Waals surface area contributed by atoms with E-state index in [2.05, 4.69) is 15.0 Å². The number of rotatable bonds is 7. The van der Waals surface area contributed by atoms with Crippen LogP contribution in [0.15, 0.2) is 30.3 Å². The van der Waals surface area contributed by atoms with E-state index in [0.717, 1.165) is 36.9 Å². The SMILES string of the molecule is Cc1nc(C)n(C[C@@H]2CCCCN2C[C@H](O)COc2ccccc2)n1. The van der Waals surface area contributed by atoms with Gasteiger partial charge in [-0.1, -0.05) is 24.6 Å². The lowest BCUT2D eigenvalue weighted by atomic mass is 10.0. The Kier molecular flexibility index (Phi) is 6.04. The van der Waals surface area contributed by atoms with Crippen LogP contribution in [0.25, 0.3) is 0 Å². The zero-order valence-electron chi connectivity index (χ0n) is 15.1. The maximum Gasteiger partial charge on any atom is 0.147 e. The lowest BCUT2D eigenvalue weighted by Gasteiger charge is -2.36. The normalized spacial score (nSPS) is 19.7. The number of piperidine rings is 1. The average Bonchev–Trinajstić information content (AvgIpc) is 2.93. The van der Waals surface area contributed by atoms with Crippen LogP contribution in [0.5, 0.6) is 5.75 Å². The molecule has 1 aromatic heterocycles. The number of para-hydroxylation sites is 1. The maximum atomic E-state index is 10.4. The molecule has 6 heteroatoms. The van der Waals surface area contributed by atoms with Gasteiger partial charge in [-0.25, -0.2) is 9.67 Å². The lowest BCUT2D eigenvalue weighted by Crippen LogP contribution is -2.47. The molecule has 0 spiro atoms. The van der Waals surface area contributed by atoms with Crippen molar-refractivity contribution in [3.8, 4) is 5.75 Å². The molecule has 1 aliphatic rings. The van der Waals surface area contributed by atoms with Crippen molar-refractivity contribution in [2.45, 2.75) is 51.8 Å². The summed E-state index contributed by atoms with van der Waals surface area (Å²) in [6, 6.07) is 10.0. The topological polar surface area (TPSA) is 63.4 Å². The fraction of sp³-hybridized carbons (Fsp3) is 0.579. The number of hydrogen-bond donors (Lipinski definition) is 1. The summed E-state index contributed by atoms with van der Waals surface area (Å²) < 4.78 is 7.67. The van der Waals surface area contributed by atoms with Gasteiger partial charge in [0.05, 0.1) is 6.54 Å². The molecule has 136 valence electrons. The Morgan fingerprint density at radius 2 is 2.04 bits per heavy atom. The molecule has 0 radical (unpaired) electrons. The largest absolute Gasteiger partial charge is 0.491 e. The van der Waals surface area contributed by atoms with E-state index in [-0.39, 0.29) is 0 Å². The molecule has 0 unspecified atom stereocenters. The van der Waals surface area contributed by atoms with Gasteiger partial charge in [0.25, 0.3) is 0 Å².